The molecule has 0 radical (unpaired) electrons. The number of alkyl carbamates (subject to hydrolysis) is 1. The number of anilines is 1. The lowest BCUT2D eigenvalue weighted by Crippen LogP contribution is -2.53. The molecule has 0 spiro atoms. The molecule has 0 aliphatic carbocycles. The molecule has 1 aliphatic rings. The molecule has 2 amide bonds. The van der Waals surface area contributed by atoms with Crippen LogP contribution in [0.1, 0.15) is 26.3 Å². The van der Waals surface area contributed by atoms with Crippen molar-refractivity contribution in [3.05, 3.63) is 90.5 Å². The van der Waals surface area contributed by atoms with Crippen molar-refractivity contribution >= 4 is 25.3 Å². The highest BCUT2D eigenvalue weighted by Crippen LogP contribution is 2.65. The molecule has 0 aromatic heterocycles. The Hall–Kier alpha value is -3.77. The van der Waals surface area contributed by atoms with Crippen molar-refractivity contribution in [1.29, 1.82) is 0 Å². The summed E-state index contributed by atoms with van der Waals surface area (Å²) in [7, 11) is -4.57. The van der Waals surface area contributed by atoms with Gasteiger partial charge in [0, 0.05) is 11.3 Å². The van der Waals surface area contributed by atoms with Crippen LogP contribution >= 0.6 is 7.60 Å². The second-order valence-electron chi connectivity index (χ2n) is 8.64. The summed E-state index contributed by atoms with van der Waals surface area (Å²) in [6.07, 6.45) is -0.951. The number of benzene rings is 3. The maximum atomic E-state index is 14.8. The summed E-state index contributed by atoms with van der Waals surface area (Å²) < 4.78 is 32.1. The Labute approximate surface area is 197 Å². The lowest BCUT2D eigenvalue weighted by Gasteiger charge is -2.35. The number of carbonyl (C=O) groups is 2. The van der Waals surface area contributed by atoms with Gasteiger partial charge >= 0.3 is 13.7 Å². The van der Waals surface area contributed by atoms with Crippen LogP contribution in [0.25, 0.3) is 0 Å². The molecule has 0 bridgehead atoms. The minimum absolute atomic E-state index is 0.198. The van der Waals surface area contributed by atoms with Crippen molar-refractivity contribution in [3.63, 3.8) is 0 Å². The van der Waals surface area contributed by atoms with Gasteiger partial charge in [0.2, 0.25) is 0 Å². The Bertz CT molecular complexity index is 1200. The van der Waals surface area contributed by atoms with E-state index in [2.05, 4.69) is 10.6 Å². The molecule has 1 heterocycles. The Morgan fingerprint density at radius 3 is 1.88 bits per heavy atom. The van der Waals surface area contributed by atoms with Gasteiger partial charge in [-0.3, -0.25) is 10.1 Å². The van der Waals surface area contributed by atoms with E-state index in [1.165, 1.54) is 0 Å². The molecular weight excluding hydrogens is 455 g/mol. The third kappa shape index (κ3) is 4.50. The van der Waals surface area contributed by atoms with E-state index in [0.717, 1.165) is 0 Å². The van der Waals surface area contributed by atoms with E-state index in [-0.39, 0.29) is 17.1 Å². The van der Waals surface area contributed by atoms with Gasteiger partial charge in [-0.2, -0.15) is 0 Å². The van der Waals surface area contributed by atoms with Crippen LogP contribution in [-0.4, -0.2) is 17.6 Å². The van der Waals surface area contributed by atoms with Gasteiger partial charge in [-0.05, 0) is 51.1 Å². The molecule has 34 heavy (non-hydrogen) atoms. The second kappa shape index (κ2) is 8.88. The van der Waals surface area contributed by atoms with Gasteiger partial charge in [-0.15, -0.1) is 0 Å². The monoisotopic (exact) mass is 480 g/mol. The molecule has 1 aliphatic heterocycles. The molecule has 9 heteroatoms. The van der Waals surface area contributed by atoms with Gasteiger partial charge in [-0.1, -0.05) is 54.6 Å². The van der Waals surface area contributed by atoms with E-state index in [1.807, 2.05) is 0 Å². The van der Waals surface area contributed by atoms with Gasteiger partial charge in [0.25, 0.3) is 11.2 Å². The fourth-order valence-electron chi connectivity index (χ4n) is 3.55. The molecule has 0 saturated carbocycles. The number of nitrogens with one attached hydrogen (secondary N) is 2. The SMILES string of the molecule is CC(C)(C)OC(=O)N[C@]1(P(=O)(Oc2ccccc2)Oc2ccccc2)C(=O)Nc2ccccc21. The highest BCUT2D eigenvalue weighted by molar-refractivity contribution is 7.57. The third-order valence-corrected chi connectivity index (χ3v) is 7.20. The Balaban J connectivity index is 1.90. The van der Waals surface area contributed by atoms with Crippen molar-refractivity contribution < 1.29 is 27.9 Å². The first-order chi connectivity index (χ1) is 16.1. The number of hydrogen-bond donors (Lipinski definition) is 2. The van der Waals surface area contributed by atoms with E-state index >= 15 is 0 Å². The maximum Gasteiger partial charge on any atom is 0.470 e. The van der Waals surface area contributed by atoms with E-state index in [9.17, 15) is 14.2 Å². The first-order valence-electron chi connectivity index (χ1n) is 10.6. The first kappa shape index (κ1) is 23.4. The molecule has 176 valence electrons. The van der Waals surface area contributed by atoms with Gasteiger partial charge in [0.05, 0.1) is 0 Å². The predicted octanol–water partition coefficient (Wildman–Crippen LogP) is 5.67. The first-order valence-corrected chi connectivity index (χ1v) is 12.2. The molecule has 8 nitrogen and oxygen atoms in total. The number of hydrogen-bond acceptors (Lipinski definition) is 6. The number of carbonyl (C=O) groups excluding carboxylic acids is 2. The largest absolute Gasteiger partial charge is 0.470 e. The summed E-state index contributed by atoms with van der Waals surface area (Å²) in [5, 5.41) is 3.02. The zero-order valence-electron chi connectivity index (χ0n) is 19.0. The standard InChI is InChI=1S/C25H25N2O6P/c1-24(2,3)31-23(29)27-25(20-16-10-11-17-21(20)26-22(25)28)34(30,32-18-12-6-4-7-13-18)33-19-14-8-5-9-15-19/h4-17H,1-3H3,(H,26,28)(H,27,29)/t25-/m1/s1. The lowest BCUT2D eigenvalue weighted by molar-refractivity contribution is -0.119. The topological polar surface area (TPSA) is 103 Å². The number of amides is 2. The van der Waals surface area contributed by atoms with Crippen molar-refractivity contribution in [1.82, 2.24) is 5.32 Å². The minimum Gasteiger partial charge on any atom is -0.444 e. The highest BCUT2D eigenvalue weighted by Gasteiger charge is 2.66. The molecule has 0 saturated heterocycles. The van der Waals surface area contributed by atoms with Crippen LogP contribution in [0.3, 0.4) is 0 Å². The average Bonchev–Trinajstić information content (AvgIpc) is 3.06. The highest BCUT2D eigenvalue weighted by atomic mass is 31.2. The zero-order valence-corrected chi connectivity index (χ0v) is 19.9. The molecule has 3 aromatic carbocycles. The van der Waals surface area contributed by atoms with E-state index in [4.69, 9.17) is 13.8 Å². The summed E-state index contributed by atoms with van der Waals surface area (Å²) in [5.41, 5.74) is -0.261. The summed E-state index contributed by atoms with van der Waals surface area (Å²) in [5.74, 6) is -0.372. The molecular formula is C25H25N2O6P. The van der Waals surface area contributed by atoms with Crippen molar-refractivity contribution in [2.75, 3.05) is 5.32 Å². The number of para-hydroxylation sites is 3. The summed E-state index contributed by atoms with van der Waals surface area (Å²) >= 11 is 0. The Kier molecular flexibility index (Phi) is 6.11. The molecule has 4 rings (SSSR count). The Morgan fingerprint density at radius 2 is 1.35 bits per heavy atom. The van der Waals surface area contributed by atoms with Gasteiger partial charge < -0.3 is 19.1 Å². The molecule has 0 unspecified atom stereocenters. The molecule has 3 aromatic rings. The van der Waals surface area contributed by atoms with Gasteiger partial charge in [-0.25, -0.2) is 9.36 Å². The van der Waals surface area contributed by atoms with Crippen LogP contribution < -0.4 is 19.7 Å². The van der Waals surface area contributed by atoms with Crippen LogP contribution in [0.2, 0.25) is 0 Å². The third-order valence-electron chi connectivity index (χ3n) is 4.92. The second-order valence-corrected chi connectivity index (χ2v) is 10.7. The minimum atomic E-state index is -4.57. The fourth-order valence-corrected chi connectivity index (χ4v) is 5.69. The van der Waals surface area contributed by atoms with Crippen molar-refractivity contribution in [2.24, 2.45) is 0 Å². The predicted molar refractivity (Wildman–Crippen MR) is 128 cm³/mol. The van der Waals surface area contributed by atoms with Crippen molar-refractivity contribution in [2.45, 2.75) is 31.7 Å². The number of rotatable bonds is 6. The molecule has 2 N–H and O–H groups in total. The van der Waals surface area contributed by atoms with Crippen LogP contribution in [0.5, 0.6) is 11.5 Å². The number of fused-ring (bicyclic) bond motifs is 1. The lowest BCUT2D eigenvalue weighted by atomic mass is 10.1. The molecule has 1 atom stereocenters. The van der Waals surface area contributed by atoms with Crippen LogP contribution in [0, 0.1) is 0 Å². The van der Waals surface area contributed by atoms with E-state index in [0.29, 0.717) is 5.69 Å². The average molecular weight is 480 g/mol. The quantitative estimate of drug-likeness (QED) is 0.441. The summed E-state index contributed by atoms with van der Waals surface area (Å²) in [6.45, 7) is 5.05. The maximum absolute atomic E-state index is 14.8. The van der Waals surface area contributed by atoms with E-state index in [1.54, 1.807) is 106 Å². The molecule has 0 fully saturated rings. The number of ether oxygens (including phenoxy) is 1. The fraction of sp³-hybridized carbons (Fsp3) is 0.200. The van der Waals surface area contributed by atoms with E-state index < -0.39 is 30.5 Å². The van der Waals surface area contributed by atoms with Gasteiger partial charge in [0.1, 0.15) is 17.1 Å². The van der Waals surface area contributed by atoms with Crippen molar-refractivity contribution in [3.8, 4) is 11.5 Å². The smallest absolute Gasteiger partial charge is 0.444 e. The van der Waals surface area contributed by atoms with Crippen LogP contribution in [0.4, 0.5) is 10.5 Å². The summed E-state index contributed by atoms with van der Waals surface area (Å²) in [6, 6.07) is 23.2. The van der Waals surface area contributed by atoms with Crippen LogP contribution in [-0.2, 0) is 19.4 Å². The zero-order chi connectivity index (χ0) is 24.4. The normalized spacial score (nSPS) is 17.3. The van der Waals surface area contributed by atoms with Gasteiger partial charge in [0.15, 0.2) is 0 Å². The Morgan fingerprint density at radius 1 is 0.853 bits per heavy atom. The van der Waals surface area contributed by atoms with Crippen LogP contribution in [0.15, 0.2) is 84.9 Å². The summed E-state index contributed by atoms with van der Waals surface area (Å²) in [4.78, 5) is 26.5.